The van der Waals surface area contributed by atoms with Gasteiger partial charge in [0.2, 0.25) is 5.91 Å². The van der Waals surface area contributed by atoms with Crippen molar-refractivity contribution in [1.29, 1.82) is 0 Å². The number of nitrogens with one attached hydrogen (secondary N) is 1. The molecule has 6 nitrogen and oxygen atoms in total. The lowest BCUT2D eigenvalue weighted by atomic mass is 9.97. The Kier molecular flexibility index (Phi) is 6.05. The molecule has 0 bridgehead atoms. The van der Waals surface area contributed by atoms with Crippen molar-refractivity contribution in [2.24, 2.45) is 4.99 Å². The van der Waals surface area contributed by atoms with Crippen LogP contribution in [0.25, 0.3) is 10.2 Å². The number of aryl methyl sites for hydroxylation is 4. The third kappa shape index (κ3) is 4.73. The lowest BCUT2D eigenvalue weighted by Gasteiger charge is -2.09. The van der Waals surface area contributed by atoms with Crippen molar-refractivity contribution >= 4 is 27.5 Å². The SMILES string of the molecule is Cc1ccc(Cn2ccccc2=NC(=O)CCc2nc3sc4c(c3c(=O)[nH]2)CCCC4)cc1. The van der Waals surface area contributed by atoms with Crippen LogP contribution in [0.5, 0.6) is 0 Å². The number of fused-ring (bicyclic) bond motifs is 3. The Morgan fingerprint density at radius 1 is 1.15 bits per heavy atom. The standard InChI is InChI=1S/C26H26N4O2S/c1-17-9-11-18(12-10-17)16-30-15-5-4-8-22(30)29-23(31)14-13-21-27-25(32)24-19-6-2-3-7-20(19)33-26(24)28-21/h4-5,8-12,15H,2-3,6-7,13-14,16H2,1H3,(H,27,28,32). The number of pyridine rings is 1. The van der Waals surface area contributed by atoms with E-state index in [2.05, 4.69) is 46.1 Å². The molecule has 168 valence electrons. The highest BCUT2D eigenvalue weighted by Gasteiger charge is 2.19. The molecule has 0 atom stereocenters. The number of aromatic amines is 1. The molecule has 1 amide bonds. The van der Waals surface area contributed by atoms with Crippen molar-refractivity contribution in [3.8, 4) is 0 Å². The van der Waals surface area contributed by atoms with Gasteiger partial charge in [0.05, 0.1) is 5.39 Å². The molecule has 0 aliphatic heterocycles. The molecule has 1 N–H and O–H groups in total. The number of hydrogen-bond donors (Lipinski definition) is 1. The van der Waals surface area contributed by atoms with E-state index in [4.69, 9.17) is 0 Å². The Hall–Kier alpha value is -3.32. The van der Waals surface area contributed by atoms with Gasteiger partial charge in [0.1, 0.15) is 16.1 Å². The highest BCUT2D eigenvalue weighted by Crippen LogP contribution is 2.33. The number of benzene rings is 1. The van der Waals surface area contributed by atoms with Crippen LogP contribution >= 0.6 is 11.3 Å². The first-order valence-corrected chi connectivity index (χ1v) is 12.2. The van der Waals surface area contributed by atoms with Gasteiger partial charge >= 0.3 is 0 Å². The van der Waals surface area contributed by atoms with Gasteiger partial charge in [-0.15, -0.1) is 11.3 Å². The summed E-state index contributed by atoms with van der Waals surface area (Å²) in [5, 5.41) is 0.746. The maximum atomic E-state index is 12.7. The van der Waals surface area contributed by atoms with E-state index in [9.17, 15) is 9.59 Å². The van der Waals surface area contributed by atoms with Crippen molar-refractivity contribution in [2.45, 2.75) is 52.0 Å². The molecule has 0 unspecified atom stereocenters. The maximum Gasteiger partial charge on any atom is 0.259 e. The number of hydrogen-bond acceptors (Lipinski definition) is 4. The van der Waals surface area contributed by atoms with Crippen LogP contribution in [0.1, 0.15) is 46.7 Å². The second-order valence-electron chi connectivity index (χ2n) is 8.58. The van der Waals surface area contributed by atoms with Gasteiger partial charge in [-0.05, 0) is 55.9 Å². The fourth-order valence-corrected chi connectivity index (χ4v) is 5.61. The molecule has 4 aromatic rings. The van der Waals surface area contributed by atoms with Crippen LogP contribution < -0.4 is 11.0 Å². The summed E-state index contributed by atoms with van der Waals surface area (Å²) in [5.41, 5.74) is 4.07. The number of H-pyrrole nitrogens is 1. The average Bonchev–Trinajstić information content (AvgIpc) is 3.19. The van der Waals surface area contributed by atoms with Crippen LogP contribution in [0.15, 0.2) is 58.4 Å². The van der Waals surface area contributed by atoms with Crippen LogP contribution in [0.4, 0.5) is 0 Å². The van der Waals surface area contributed by atoms with E-state index in [0.717, 1.165) is 35.0 Å². The number of aromatic nitrogens is 3. The fourth-order valence-electron chi connectivity index (χ4n) is 4.33. The van der Waals surface area contributed by atoms with E-state index in [-0.39, 0.29) is 17.9 Å². The Morgan fingerprint density at radius 3 is 2.82 bits per heavy atom. The van der Waals surface area contributed by atoms with Gasteiger partial charge in [0.15, 0.2) is 0 Å². The Morgan fingerprint density at radius 2 is 1.97 bits per heavy atom. The molecule has 0 radical (unpaired) electrons. The molecule has 1 aliphatic rings. The van der Waals surface area contributed by atoms with E-state index in [1.165, 1.54) is 22.4 Å². The van der Waals surface area contributed by atoms with Crippen LogP contribution in [0.3, 0.4) is 0 Å². The molecule has 0 spiro atoms. The van der Waals surface area contributed by atoms with Gasteiger partial charge in [-0.25, -0.2) is 4.98 Å². The molecule has 0 fully saturated rings. The van der Waals surface area contributed by atoms with E-state index in [1.54, 1.807) is 11.3 Å². The molecule has 1 aromatic carbocycles. The first kappa shape index (κ1) is 21.5. The number of rotatable bonds is 5. The summed E-state index contributed by atoms with van der Waals surface area (Å²) in [7, 11) is 0. The Balaban J connectivity index is 1.33. The molecule has 0 saturated carbocycles. The lowest BCUT2D eigenvalue weighted by molar-refractivity contribution is -0.118. The highest BCUT2D eigenvalue weighted by atomic mass is 32.1. The number of amides is 1. The fraction of sp³-hybridized carbons (Fsp3) is 0.308. The van der Waals surface area contributed by atoms with Gasteiger partial charge in [-0.2, -0.15) is 4.99 Å². The molecule has 3 heterocycles. The first-order chi connectivity index (χ1) is 16.1. The highest BCUT2D eigenvalue weighted by molar-refractivity contribution is 7.18. The summed E-state index contributed by atoms with van der Waals surface area (Å²) in [6.07, 6.45) is 6.76. The van der Waals surface area contributed by atoms with Crippen molar-refractivity contribution in [3.05, 3.63) is 91.9 Å². The van der Waals surface area contributed by atoms with Gasteiger partial charge in [0, 0.05) is 30.5 Å². The molecule has 33 heavy (non-hydrogen) atoms. The van der Waals surface area contributed by atoms with E-state index >= 15 is 0 Å². The Labute approximate surface area is 195 Å². The largest absolute Gasteiger partial charge is 0.329 e. The zero-order valence-corrected chi connectivity index (χ0v) is 19.5. The minimum atomic E-state index is -0.230. The molecule has 1 aliphatic carbocycles. The van der Waals surface area contributed by atoms with Crippen LogP contribution in [-0.4, -0.2) is 20.4 Å². The quantitative estimate of drug-likeness (QED) is 0.489. The molecular formula is C26H26N4O2S. The van der Waals surface area contributed by atoms with Gasteiger partial charge in [-0.1, -0.05) is 35.9 Å². The number of thiophene rings is 1. The molecule has 5 rings (SSSR count). The third-order valence-corrected chi connectivity index (χ3v) is 7.26. The first-order valence-electron chi connectivity index (χ1n) is 11.4. The van der Waals surface area contributed by atoms with Gasteiger partial charge in [-0.3, -0.25) is 9.59 Å². The summed E-state index contributed by atoms with van der Waals surface area (Å²) in [4.78, 5) is 39.3. The van der Waals surface area contributed by atoms with Crippen molar-refractivity contribution in [2.75, 3.05) is 0 Å². The number of carbonyl (C=O) groups excluding carboxylic acids is 1. The second kappa shape index (κ2) is 9.27. The smallest absolute Gasteiger partial charge is 0.259 e. The van der Waals surface area contributed by atoms with Crippen LogP contribution in [-0.2, 0) is 30.6 Å². The number of carbonyl (C=O) groups is 1. The Bertz CT molecular complexity index is 1440. The summed E-state index contributed by atoms with van der Waals surface area (Å²) in [5.74, 6) is 0.322. The summed E-state index contributed by atoms with van der Waals surface area (Å²) in [6.45, 7) is 2.70. The number of nitrogens with zero attached hydrogens (tertiary/aromatic N) is 3. The van der Waals surface area contributed by atoms with Gasteiger partial charge < -0.3 is 9.55 Å². The monoisotopic (exact) mass is 458 g/mol. The second-order valence-corrected chi connectivity index (χ2v) is 9.67. The van der Waals surface area contributed by atoms with E-state index < -0.39 is 0 Å². The molecule has 0 saturated heterocycles. The topological polar surface area (TPSA) is 80.1 Å². The zero-order chi connectivity index (χ0) is 22.8. The summed E-state index contributed by atoms with van der Waals surface area (Å²) >= 11 is 1.63. The maximum absolute atomic E-state index is 12.7. The van der Waals surface area contributed by atoms with Crippen LogP contribution in [0, 0.1) is 6.92 Å². The summed E-state index contributed by atoms with van der Waals surface area (Å²) < 4.78 is 1.96. The minimum absolute atomic E-state index is 0.0854. The van der Waals surface area contributed by atoms with Gasteiger partial charge in [0.25, 0.3) is 5.56 Å². The van der Waals surface area contributed by atoms with E-state index in [0.29, 0.717) is 24.3 Å². The molecular weight excluding hydrogens is 432 g/mol. The molecule has 3 aromatic heterocycles. The average molecular weight is 459 g/mol. The predicted molar refractivity (Wildman–Crippen MR) is 130 cm³/mol. The van der Waals surface area contributed by atoms with E-state index in [1.807, 2.05) is 29.0 Å². The normalized spacial score (nSPS) is 13.9. The zero-order valence-electron chi connectivity index (χ0n) is 18.6. The summed E-state index contributed by atoms with van der Waals surface area (Å²) in [6, 6.07) is 14.0. The minimum Gasteiger partial charge on any atom is -0.329 e. The van der Waals surface area contributed by atoms with Crippen molar-refractivity contribution < 1.29 is 4.79 Å². The predicted octanol–water partition coefficient (Wildman–Crippen LogP) is 4.08. The van der Waals surface area contributed by atoms with Crippen molar-refractivity contribution in [3.63, 3.8) is 0 Å². The molecule has 7 heteroatoms. The lowest BCUT2D eigenvalue weighted by Crippen LogP contribution is -2.22. The van der Waals surface area contributed by atoms with Crippen LogP contribution in [0.2, 0.25) is 0 Å². The third-order valence-electron chi connectivity index (χ3n) is 6.08. The van der Waals surface area contributed by atoms with Crippen molar-refractivity contribution in [1.82, 2.24) is 14.5 Å².